The molecule has 0 aliphatic rings. The molecule has 0 atom stereocenters. The molecule has 0 amide bonds. The third kappa shape index (κ3) is 2.07. The van der Waals surface area contributed by atoms with Gasteiger partial charge in [-0.25, -0.2) is 13.2 Å². The summed E-state index contributed by atoms with van der Waals surface area (Å²) in [5.74, 6) is -4.88. The first kappa shape index (κ1) is 10.2. The van der Waals surface area contributed by atoms with Gasteiger partial charge in [0.25, 0.3) is 0 Å². The van der Waals surface area contributed by atoms with Gasteiger partial charge in [0.15, 0.2) is 17.5 Å². The van der Waals surface area contributed by atoms with Crippen molar-refractivity contribution in [3.05, 3.63) is 29.6 Å². The van der Waals surface area contributed by atoms with Gasteiger partial charge in [-0.15, -0.1) is 0 Å². The first-order valence-electron chi connectivity index (χ1n) is 3.14. The van der Waals surface area contributed by atoms with Crippen LogP contribution in [0.4, 0.5) is 13.2 Å². The van der Waals surface area contributed by atoms with Gasteiger partial charge in [0.05, 0.1) is 0 Å². The van der Waals surface area contributed by atoms with Crippen molar-refractivity contribution in [1.82, 2.24) is 0 Å². The monoisotopic (exact) mass is 210 g/mol. The van der Waals surface area contributed by atoms with E-state index in [1.54, 1.807) is 0 Å². The molecule has 13 heavy (non-hydrogen) atoms. The molecule has 7 heteroatoms. The summed E-state index contributed by atoms with van der Waals surface area (Å²) >= 11 is 0. The maximum Gasteiger partial charge on any atom is 0.529 e. The van der Waals surface area contributed by atoms with E-state index < -0.39 is 31.4 Å². The first-order chi connectivity index (χ1) is 5.82. The number of hydrogen-bond donors (Lipinski definition) is 3. The van der Waals surface area contributed by atoms with Crippen molar-refractivity contribution in [3.8, 4) is 0 Å². The van der Waals surface area contributed by atoms with Crippen LogP contribution in [0, 0.1) is 17.5 Å². The van der Waals surface area contributed by atoms with E-state index >= 15 is 0 Å². The molecule has 0 heterocycles. The minimum absolute atomic E-state index is 0.338. The fraction of sp³-hybridized carbons (Fsp3) is 0. The maximum absolute atomic E-state index is 12.4. The Morgan fingerprint density at radius 2 is 1.31 bits per heavy atom. The van der Waals surface area contributed by atoms with Crippen LogP contribution in [0.25, 0.3) is 0 Å². The fourth-order valence-electron chi connectivity index (χ4n) is 0.749. The third-order valence-electron chi connectivity index (χ3n) is 1.37. The van der Waals surface area contributed by atoms with E-state index in [1.165, 1.54) is 0 Å². The summed E-state index contributed by atoms with van der Waals surface area (Å²) in [4.78, 5) is 25.9. The molecule has 0 unspecified atom stereocenters. The summed E-state index contributed by atoms with van der Waals surface area (Å²) in [5.41, 5.74) is 0. The Morgan fingerprint density at radius 3 is 1.62 bits per heavy atom. The maximum atomic E-state index is 12.4. The van der Waals surface area contributed by atoms with Crippen LogP contribution in [0.2, 0.25) is 0 Å². The van der Waals surface area contributed by atoms with Gasteiger partial charge in [-0.1, -0.05) is 0 Å². The Bertz CT molecular complexity index is 313. The highest BCUT2D eigenvalue weighted by Crippen LogP contribution is 2.09. The van der Waals surface area contributed by atoms with Gasteiger partial charge in [0, 0.05) is 5.19 Å². The lowest BCUT2D eigenvalue weighted by atomic mass is 10.3. The average molecular weight is 210 g/mol. The van der Waals surface area contributed by atoms with Gasteiger partial charge in [0.2, 0.25) is 0 Å². The predicted molar refractivity (Wildman–Crippen MR) is 38.4 cm³/mol. The van der Waals surface area contributed by atoms with Gasteiger partial charge in [-0.2, -0.15) is 0 Å². The van der Waals surface area contributed by atoms with Crippen LogP contribution in [0.5, 0.6) is 0 Å². The molecule has 0 aliphatic heterocycles. The lowest BCUT2D eigenvalue weighted by Crippen LogP contribution is -2.49. The lowest BCUT2D eigenvalue weighted by Gasteiger charge is -2.09. The Hall–Kier alpha value is -0.893. The van der Waals surface area contributed by atoms with Gasteiger partial charge >= 0.3 is 8.80 Å². The van der Waals surface area contributed by atoms with E-state index in [0.29, 0.717) is 12.1 Å². The number of hydrogen-bond acceptors (Lipinski definition) is 3. The standard InChI is InChI=1S/C6H5F3O3Si/c7-4-1-3(13(10,11)12)2-5(8)6(4)9/h1-2,10-12H. The minimum Gasteiger partial charge on any atom is -0.386 e. The molecule has 1 aromatic rings. The van der Waals surface area contributed by atoms with Crippen LogP contribution in [-0.2, 0) is 0 Å². The zero-order chi connectivity index (χ0) is 10.2. The Labute approximate surface area is 72.1 Å². The molecule has 0 fully saturated rings. The van der Waals surface area contributed by atoms with Crippen LogP contribution in [0.3, 0.4) is 0 Å². The molecular formula is C6H5F3O3Si. The van der Waals surface area contributed by atoms with Crippen LogP contribution >= 0.6 is 0 Å². The van der Waals surface area contributed by atoms with Crippen LogP contribution in [0.15, 0.2) is 12.1 Å². The summed E-state index contributed by atoms with van der Waals surface area (Å²) in [6, 6.07) is 0.676. The van der Waals surface area contributed by atoms with E-state index in [-0.39, 0.29) is 0 Å². The Morgan fingerprint density at radius 1 is 0.923 bits per heavy atom. The van der Waals surface area contributed by atoms with Crippen molar-refractivity contribution < 1.29 is 27.6 Å². The van der Waals surface area contributed by atoms with Crippen molar-refractivity contribution in [1.29, 1.82) is 0 Å². The van der Waals surface area contributed by atoms with Crippen LogP contribution < -0.4 is 5.19 Å². The largest absolute Gasteiger partial charge is 0.529 e. The second kappa shape index (κ2) is 3.11. The average Bonchev–Trinajstić information content (AvgIpc) is 1.97. The van der Waals surface area contributed by atoms with Crippen molar-refractivity contribution in [2.45, 2.75) is 0 Å². The molecule has 3 N–H and O–H groups in total. The fourth-order valence-corrected chi connectivity index (χ4v) is 1.39. The third-order valence-corrected chi connectivity index (χ3v) is 2.43. The number of halogens is 3. The quantitative estimate of drug-likeness (QED) is 0.421. The predicted octanol–water partition coefficient (Wildman–Crippen LogP) is -0.773. The van der Waals surface area contributed by atoms with Crippen molar-refractivity contribution in [2.75, 3.05) is 0 Å². The number of benzene rings is 1. The molecule has 0 bridgehead atoms. The second-order valence-corrected chi connectivity index (χ2v) is 4.24. The van der Waals surface area contributed by atoms with Crippen LogP contribution in [0.1, 0.15) is 0 Å². The Balaban J connectivity index is 3.29. The van der Waals surface area contributed by atoms with Crippen molar-refractivity contribution in [3.63, 3.8) is 0 Å². The number of rotatable bonds is 1. The molecule has 1 rings (SSSR count). The van der Waals surface area contributed by atoms with E-state index in [2.05, 4.69) is 0 Å². The van der Waals surface area contributed by atoms with Crippen LogP contribution in [-0.4, -0.2) is 23.2 Å². The summed E-state index contributed by atoms with van der Waals surface area (Å²) < 4.78 is 37.2. The van der Waals surface area contributed by atoms with Gasteiger partial charge in [-0.05, 0) is 12.1 Å². The smallest absolute Gasteiger partial charge is 0.386 e. The summed E-state index contributed by atoms with van der Waals surface area (Å²) in [5, 5.41) is -0.746. The van der Waals surface area contributed by atoms with Crippen molar-refractivity contribution in [2.24, 2.45) is 0 Å². The lowest BCUT2D eigenvalue weighted by molar-refractivity contribution is 0.249. The molecule has 0 aliphatic carbocycles. The molecule has 0 spiro atoms. The SMILES string of the molecule is O[Si](O)(O)c1cc(F)c(F)c(F)c1. The molecule has 1 aromatic carbocycles. The second-order valence-electron chi connectivity index (χ2n) is 2.39. The van der Waals surface area contributed by atoms with Crippen molar-refractivity contribution >= 4 is 14.0 Å². The van der Waals surface area contributed by atoms with Gasteiger partial charge < -0.3 is 14.4 Å². The molecule has 0 aromatic heterocycles. The van der Waals surface area contributed by atoms with E-state index in [1.807, 2.05) is 0 Å². The molecule has 72 valence electrons. The Kier molecular flexibility index (Phi) is 2.44. The van der Waals surface area contributed by atoms with E-state index in [9.17, 15) is 13.2 Å². The first-order valence-corrected chi connectivity index (χ1v) is 4.98. The molecule has 3 nitrogen and oxygen atoms in total. The minimum atomic E-state index is -4.77. The summed E-state index contributed by atoms with van der Waals surface area (Å²) in [6.45, 7) is 0. The topological polar surface area (TPSA) is 60.7 Å². The highest BCUT2D eigenvalue weighted by atomic mass is 28.4. The molecule has 0 radical (unpaired) electrons. The molecule has 0 saturated heterocycles. The van der Waals surface area contributed by atoms with Gasteiger partial charge in [-0.3, -0.25) is 0 Å². The zero-order valence-electron chi connectivity index (χ0n) is 6.13. The summed E-state index contributed by atoms with van der Waals surface area (Å²) in [6.07, 6.45) is 0. The summed E-state index contributed by atoms with van der Waals surface area (Å²) in [7, 11) is -4.77. The highest BCUT2D eigenvalue weighted by molar-refractivity contribution is 6.71. The van der Waals surface area contributed by atoms with E-state index in [4.69, 9.17) is 14.4 Å². The van der Waals surface area contributed by atoms with Gasteiger partial charge in [0.1, 0.15) is 0 Å². The molecule has 0 saturated carbocycles. The zero-order valence-corrected chi connectivity index (χ0v) is 7.13. The molecular weight excluding hydrogens is 205 g/mol. The highest BCUT2D eigenvalue weighted by Gasteiger charge is 2.32. The van der Waals surface area contributed by atoms with E-state index in [0.717, 1.165) is 0 Å². The normalized spacial score (nSPS) is 11.8.